The molecule has 3 aliphatic rings. The number of fused-ring (bicyclic) bond motifs is 5. The SMILES string of the molecule is CN1C(=O)[C@@H]2CCC[C@@H](OCc3ccccc3)[C@H]1C(=O)N2Cc1ccccc1. The van der Waals surface area contributed by atoms with Gasteiger partial charge >= 0.3 is 0 Å². The van der Waals surface area contributed by atoms with Gasteiger partial charge in [-0.3, -0.25) is 9.59 Å². The lowest BCUT2D eigenvalue weighted by Gasteiger charge is -2.48. The summed E-state index contributed by atoms with van der Waals surface area (Å²) in [5, 5.41) is 0. The largest absolute Gasteiger partial charge is 0.371 e. The zero-order chi connectivity index (χ0) is 19.5. The first-order valence-corrected chi connectivity index (χ1v) is 9.92. The van der Waals surface area contributed by atoms with Crippen LogP contribution in [-0.2, 0) is 27.5 Å². The van der Waals surface area contributed by atoms with Gasteiger partial charge in [-0.05, 0) is 30.4 Å². The molecule has 3 saturated heterocycles. The maximum Gasteiger partial charge on any atom is 0.249 e. The van der Waals surface area contributed by atoms with Crippen LogP contribution < -0.4 is 0 Å². The highest BCUT2D eigenvalue weighted by Gasteiger charge is 2.49. The summed E-state index contributed by atoms with van der Waals surface area (Å²) in [6.07, 6.45) is 2.05. The van der Waals surface area contributed by atoms with Gasteiger partial charge in [-0.25, -0.2) is 0 Å². The highest BCUT2D eigenvalue weighted by molar-refractivity contribution is 5.97. The van der Waals surface area contributed by atoms with E-state index in [0.717, 1.165) is 24.0 Å². The third-order valence-electron chi connectivity index (χ3n) is 5.78. The Morgan fingerprint density at radius 3 is 2.21 bits per heavy atom. The van der Waals surface area contributed by atoms with Crippen molar-refractivity contribution in [3.8, 4) is 0 Å². The average molecular weight is 378 g/mol. The van der Waals surface area contributed by atoms with Crippen molar-refractivity contribution >= 4 is 11.8 Å². The molecule has 5 nitrogen and oxygen atoms in total. The Bertz CT molecular complexity index is 824. The zero-order valence-electron chi connectivity index (χ0n) is 16.2. The summed E-state index contributed by atoms with van der Waals surface area (Å²) < 4.78 is 6.18. The molecule has 2 aromatic carbocycles. The Kier molecular flexibility index (Phi) is 5.44. The van der Waals surface area contributed by atoms with Crippen LogP contribution in [0.3, 0.4) is 0 Å². The van der Waals surface area contributed by atoms with E-state index in [1.54, 1.807) is 16.8 Å². The van der Waals surface area contributed by atoms with Gasteiger partial charge in [-0.1, -0.05) is 60.7 Å². The van der Waals surface area contributed by atoms with Crippen LogP contribution in [0.4, 0.5) is 0 Å². The van der Waals surface area contributed by atoms with E-state index in [0.29, 0.717) is 19.6 Å². The molecule has 0 N–H and O–H groups in total. The van der Waals surface area contributed by atoms with E-state index in [1.807, 2.05) is 60.7 Å². The van der Waals surface area contributed by atoms with Crippen molar-refractivity contribution in [3.63, 3.8) is 0 Å². The minimum Gasteiger partial charge on any atom is -0.371 e. The first kappa shape index (κ1) is 18.7. The maximum absolute atomic E-state index is 13.4. The molecule has 3 atom stereocenters. The van der Waals surface area contributed by atoms with E-state index in [9.17, 15) is 9.59 Å². The van der Waals surface area contributed by atoms with Crippen molar-refractivity contribution in [3.05, 3.63) is 71.8 Å². The molecular formula is C23H26N2O3. The molecular weight excluding hydrogens is 352 g/mol. The fraction of sp³-hybridized carbons (Fsp3) is 0.391. The van der Waals surface area contributed by atoms with Crippen LogP contribution in [0, 0.1) is 0 Å². The summed E-state index contributed by atoms with van der Waals surface area (Å²) in [6.45, 7) is 0.908. The number of carbonyl (C=O) groups is 2. The van der Waals surface area contributed by atoms with Gasteiger partial charge in [0.25, 0.3) is 0 Å². The number of benzene rings is 2. The molecule has 2 aromatic rings. The van der Waals surface area contributed by atoms with Crippen LogP contribution >= 0.6 is 0 Å². The van der Waals surface area contributed by atoms with Gasteiger partial charge in [0.2, 0.25) is 11.8 Å². The zero-order valence-corrected chi connectivity index (χ0v) is 16.2. The second-order valence-electron chi connectivity index (χ2n) is 7.63. The molecule has 0 unspecified atom stereocenters. The van der Waals surface area contributed by atoms with Gasteiger partial charge in [0.05, 0.1) is 12.7 Å². The smallest absolute Gasteiger partial charge is 0.249 e. The number of ether oxygens (including phenoxy) is 1. The van der Waals surface area contributed by atoms with Crippen molar-refractivity contribution in [2.75, 3.05) is 7.05 Å². The predicted octanol–water partition coefficient (Wildman–Crippen LogP) is 2.99. The van der Waals surface area contributed by atoms with E-state index in [4.69, 9.17) is 4.74 Å². The lowest BCUT2D eigenvalue weighted by atomic mass is 9.89. The molecule has 5 rings (SSSR count). The first-order valence-electron chi connectivity index (χ1n) is 9.92. The summed E-state index contributed by atoms with van der Waals surface area (Å²) in [5.74, 6) is 0.0160. The van der Waals surface area contributed by atoms with Crippen LogP contribution in [0.1, 0.15) is 30.4 Å². The van der Waals surface area contributed by atoms with Gasteiger partial charge < -0.3 is 14.5 Å². The van der Waals surface area contributed by atoms with E-state index in [1.165, 1.54) is 0 Å². The summed E-state index contributed by atoms with van der Waals surface area (Å²) in [4.78, 5) is 29.8. The van der Waals surface area contributed by atoms with Crippen molar-refractivity contribution in [1.29, 1.82) is 0 Å². The van der Waals surface area contributed by atoms with E-state index in [2.05, 4.69) is 0 Å². The number of carbonyl (C=O) groups excluding carboxylic acids is 2. The summed E-state index contributed by atoms with van der Waals surface area (Å²) in [7, 11) is 1.74. The van der Waals surface area contributed by atoms with Crippen LogP contribution in [0.25, 0.3) is 0 Å². The molecule has 3 heterocycles. The van der Waals surface area contributed by atoms with Gasteiger partial charge in [0, 0.05) is 13.6 Å². The Hall–Kier alpha value is -2.66. The monoisotopic (exact) mass is 378 g/mol. The number of hydrogen-bond donors (Lipinski definition) is 0. The minimum absolute atomic E-state index is 0.00582. The van der Waals surface area contributed by atoms with E-state index in [-0.39, 0.29) is 24.0 Å². The summed E-state index contributed by atoms with van der Waals surface area (Å²) in [5.41, 5.74) is 2.11. The number of hydrogen-bond acceptors (Lipinski definition) is 3. The standard InChI is InChI=1S/C23H26N2O3/c1-24-21-20(28-16-18-11-6-3-7-12-18)14-8-13-19(22(24)26)25(23(21)27)15-17-9-4-2-5-10-17/h2-7,9-12,19-21H,8,13-16H2,1H3/t19-,20+,21-/m0/s1. The highest BCUT2D eigenvalue weighted by Crippen LogP contribution is 2.31. The Morgan fingerprint density at radius 2 is 1.54 bits per heavy atom. The topological polar surface area (TPSA) is 49.9 Å². The van der Waals surface area contributed by atoms with Crippen molar-refractivity contribution in [2.24, 2.45) is 0 Å². The lowest BCUT2D eigenvalue weighted by Crippen LogP contribution is -2.67. The number of amides is 2. The molecule has 0 aliphatic carbocycles. The van der Waals surface area contributed by atoms with Crippen LogP contribution in [0.5, 0.6) is 0 Å². The molecule has 5 heteroatoms. The Labute approximate surface area is 165 Å². The second-order valence-corrected chi connectivity index (χ2v) is 7.63. The van der Waals surface area contributed by atoms with Gasteiger partial charge in [0.1, 0.15) is 12.1 Å². The molecule has 2 bridgehead atoms. The Balaban J connectivity index is 1.56. The molecule has 28 heavy (non-hydrogen) atoms. The van der Waals surface area contributed by atoms with Crippen molar-refractivity contribution < 1.29 is 14.3 Å². The molecule has 0 aromatic heterocycles. The number of likely N-dealkylation sites (N-methyl/N-ethyl adjacent to an activating group) is 1. The fourth-order valence-corrected chi connectivity index (χ4v) is 4.27. The van der Waals surface area contributed by atoms with Crippen LogP contribution in [0.15, 0.2) is 60.7 Å². The summed E-state index contributed by atoms with van der Waals surface area (Å²) in [6, 6.07) is 18.9. The number of piperazine rings is 1. The molecule has 0 spiro atoms. The van der Waals surface area contributed by atoms with Crippen molar-refractivity contribution in [2.45, 2.75) is 50.6 Å². The molecule has 2 amide bonds. The van der Waals surface area contributed by atoms with Gasteiger partial charge in [-0.2, -0.15) is 0 Å². The number of nitrogens with zero attached hydrogens (tertiary/aromatic N) is 2. The first-order chi connectivity index (χ1) is 13.6. The minimum atomic E-state index is -0.559. The van der Waals surface area contributed by atoms with Crippen molar-refractivity contribution in [1.82, 2.24) is 9.80 Å². The fourth-order valence-electron chi connectivity index (χ4n) is 4.27. The second kappa shape index (κ2) is 8.15. The third-order valence-corrected chi connectivity index (χ3v) is 5.78. The van der Waals surface area contributed by atoms with Crippen LogP contribution in [0.2, 0.25) is 0 Å². The average Bonchev–Trinajstić information content (AvgIpc) is 2.72. The van der Waals surface area contributed by atoms with Crippen LogP contribution in [-0.4, -0.2) is 46.8 Å². The predicted molar refractivity (Wildman–Crippen MR) is 106 cm³/mol. The third kappa shape index (κ3) is 3.67. The molecule has 3 fully saturated rings. The quantitative estimate of drug-likeness (QED) is 0.804. The molecule has 0 radical (unpaired) electrons. The highest BCUT2D eigenvalue weighted by atomic mass is 16.5. The normalized spacial score (nSPS) is 25.0. The van der Waals surface area contributed by atoms with Gasteiger partial charge in [0.15, 0.2) is 0 Å². The molecule has 3 aliphatic heterocycles. The maximum atomic E-state index is 13.4. The van der Waals surface area contributed by atoms with E-state index >= 15 is 0 Å². The lowest BCUT2D eigenvalue weighted by molar-refractivity contribution is -0.171. The molecule has 146 valence electrons. The van der Waals surface area contributed by atoms with E-state index < -0.39 is 6.04 Å². The number of rotatable bonds is 5. The Morgan fingerprint density at radius 1 is 0.893 bits per heavy atom. The summed E-state index contributed by atoms with van der Waals surface area (Å²) >= 11 is 0. The van der Waals surface area contributed by atoms with Gasteiger partial charge in [-0.15, -0.1) is 0 Å². The molecule has 0 saturated carbocycles.